The molecule has 0 radical (unpaired) electrons. The molecule has 4 aliphatic rings. The Bertz CT molecular complexity index is 584. The van der Waals surface area contributed by atoms with Gasteiger partial charge < -0.3 is 14.7 Å². The summed E-state index contributed by atoms with van der Waals surface area (Å²) in [5.74, 6) is 0.112. The summed E-state index contributed by atoms with van der Waals surface area (Å²) in [5.41, 5.74) is 1.11. The molecule has 4 rings (SSSR count). The van der Waals surface area contributed by atoms with Gasteiger partial charge in [0.2, 0.25) is 0 Å². The maximum atomic E-state index is 12.7. The van der Waals surface area contributed by atoms with Crippen LogP contribution < -0.4 is 0 Å². The van der Waals surface area contributed by atoms with Gasteiger partial charge in [0.25, 0.3) is 0 Å². The molecule has 26 heavy (non-hydrogen) atoms. The molecule has 1 N–H and O–H groups in total. The molecular formula is C21H34N2O3. The Morgan fingerprint density at radius 1 is 1.27 bits per heavy atom. The Morgan fingerprint density at radius 3 is 2.65 bits per heavy atom. The highest BCUT2D eigenvalue weighted by Gasteiger charge is 2.59. The normalized spacial score (nSPS) is 44.2. The van der Waals surface area contributed by atoms with Crippen molar-refractivity contribution in [3.05, 3.63) is 11.6 Å². The molecule has 6 unspecified atom stereocenters. The first-order valence-electron chi connectivity index (χ1n) is 10.5. The summed E-state index contributed by atoms with van der Waals surface area (Å²) < 4.78 is 5.78. The second-order valence-corrected chi connectivity index (χ2v) is 9.03. The van der Waals surface area contributed by atoms with E-state index >= 15 is 0 Å². The minimum Gasteiger partial charge on any atom is -0.461 e. The van der Waals surface area contributed by atoms with Gasteiger partial charge in [0, 0.05) is 50.5 Å². The molecule has 6 atom stereocenters. The molecule has 2 heterocycles. The van der Waals surface area contributed by atoms with Gasteiger partial charge in [-0.25, -0.2) is 0 Å². The van der Waals surface area contributed by atoms with Gasteiger partial charge in [0.05, 0.1) is 12.0 Å². The van der Waals surface area contributed by atoms with Crippen molar-refractivity contribution >= 4 is 5.97 Å². The summed E-state index contributed by atoms with van der Waals surface area (Å²) in [6.07, 6.45) is 4.68. The van der Waals surface area contributed by atoms with E-state index in [1.165, 1.54) is 5.57 Å². The number of piperazine rings is 1. The number of nitrogens with zero attached hydrogens (tertiary/aromatic N) is 2. The number of likely N-dealkylation sites (N-methyl/N-ethyl adjacent to an activating group) is 1. The lowest BCUT2D eigenvalue weighted by molar-refractivity contribution is -0.145. The Labute approximate surface area is 157 Å². The molecule has 5 heteroatoms. The number of aliphatic hydroxyl groups excluding tert-OH is 1. The third-order valence-electron chi connectivity index (χ3n) is 7.94. The predicted octanol–water partition coefficient (Wildman–Crippen LogP) is 1.91. The molecule has 1 saturated carbocycles. The van der Waals surface area contributed by atoms with Crippen molar-refractivity contribution in [3.8, 4) is 0 Å². The summed E-state index contributed by atoms with van der Waals surface area (Å²) in [4.78, 5) is 17.5. The van der Waals surface area contributed by atoms with E-state index in [-0.39, 0.29) is 29.3 Å². The molecule has 0 bridgehead atoms. The molecule has 0 aromatic carbocycles. The Hall–Kier alpha value is -0.910. The van der Waals surface area contributed by atoms with Gasteiger partial charge >= 0.3 is 5.97 Å². The van der Waals surface area contributed by atoms with Crippen LogP contribution >= 0.6 is 0 Å². The standard InChI is InChI=1S/C21H34N2O3/c1-4-22-8-10-23(11-9-22)13-16-18-17(26-20(16)25)12-15-7-5-6-14(2)21(15,3)19(18)24/h7,14,16-19,24H,4-6,8-13H2,1-3H3. The summed E-state index contributed by atoms with van der Waals surface area (Å²) in [6, 6.07) is 0. The molecule has 2 aliphatic carbocycles. The zero-order valence-corrected chi connectivity index (χ0v) is 16.5. The van der Waals surface area contributed by atoms with Crippen LogP contribution in [0.5, 0.6) is 0 Å². The first-order valence-corrected chi connectivity index (χ1v) is 10.5. The summed E-state index contributed by atoms with van der Waals surface area (Å²) in [5, 5.41) is 11.4. The number of rotatable bonds is 3. The maximum absolute atomic E-state index is 12.7. The smallest absolute Gasteiger partial charge is 0.311 e. The number of fused-ring (bicyclic) bond motifs is 2. The quantitative estimate of drug-likeness (QED) is 0.614. The average Bonchev–Trinajstić information content (AvgIpc) is 2.94. The summed E-state index contributed by atoms with van der Waals surface area (Å²) in [7, 11) is 0. The largest absolute Gasteiger partial charge is 0.461 e. The zero-order valence-electron chi connectivity index (χ0n) is 16.5. The highest BCUT2D eigenvalue weighted by Crippen LogP contribution is 2.56. The molecule has 0 spiro atoms. The van der Waals surface area contributed by atoms with E-state index < -0.39 is 6.10 Å². The van der Waals surface area contributed by atoms with Gasteiger partial charge in [-0.05, 0) is 25.3 Å². The van der Waals surface area contributed by atoms with Gasteiger partial charge in [0.15, 0.2) is 0 Å². The lowest BCUT2D eigenvalue weighted by Crippen LogP contribution is -2.55. The van der Waals surface area contributed by atoms with Gasteiger partial charge in [-0.1, -0.05) is 32.4 Å². The Kier molecular flexibility index (Phi) is 4.91. The van der Waals surface area contributed by atoms with Gasteiger partial charge in [0.1, 0.15) is 6.10 Å². The molecule has 146 valence electrons. The van der Waals surface area contributed by atoms with Crippen molar-refractivity contribution < 1.29 is 14.6 Å². The third-order valence-corrected chi connectivity index (χ3v) is 7.94. The van der Waals surface area contributed by atoms with Crippen molar-refractivity contribution in [2.24, 2.45) is 23.2 Å². The second-order valence-electron chi connectivity index (χ2n) is 9.03. The van der Waals surface area contributed by atoms with Gasteiger partial charge in [-0.15, -0.1) is 0 Å². The molecule has 0 amide bonds. The lowest BCUT2D eigenvalue weighted by atomic mass is 9.55. The van der Waals surface area contributed by atoms with Crippen LogP contribution in [0.2, 0.25) is 0 Å². The Morgan fingerprint density at radius 2 is 1.96 bits per heavy atom. The monoisotopic (exact) mass is 362 g/mol. The van der Waals surface area contributed by atoms with E-state index in [2.05, 4.69) is 36.6 Å². The van der Waals surface area contributed by atoms with Gasteiger partial charge in [-0.3, -0.25) is 9.69 Å². The fourth-order valence-electron chi connectivity index (χ4n) is 5.84. The first kappa shape index (κ1) is 18.5. The second kappa shape index (κ2) is 6.92. The maximum Gasteiger partial charge on any atom is 0.311 e. The predicted molar refractivity (Wildman–Crippen MR) is 101 cm³/mol. The van der Waals surface area contributed by atoms with Crippen LogP contribution in [0.4, 0.5) is 0 Å². The van der Waals surface area contributed by atoms with Crippen molar-refractivity contribution in [2.45, 2.75) is 52.2 Å². The van der Waals surface area contributed by atoms with E-state index in [9.17, 15) is 9.90 Å². The summed E-state index contributed by atoms with van der Waals surface area (Å²) >= 11 is 0. The van der Waals surface area contributed by atoms with E-state index in [0.29, 0.717) is 5.92 Å². The highest BCUT2D eigenvalue weighted by atomic mass is 16.6. The number of carbonyl (C=O) groups excluding carboxylic acids is 1. The molecule has 2 aliphatic heterocycles. The average molecular weight is 363 g/mol. The minimum absolute atomic E-state index is 0.0607. The van der Waals surface area contributed by atoms with Crippen molar-refractivity contribution in [2.75, 3.05) is 39.3 Å². The number of aliphatic hydroxyl groups is 1. The fraction of sp³-hybridized carbons (Fsp3) is 0.857. The SMILES string of the molecule is CCN1CCN(CC2C(=O)OC3CC4=CCCC(C)C4(C)C(O)C32)CC1. The third kappa shape index (κ3) is 2.83. The number of carbonyl (C=O) groups is 1. The van der Waals surface area contributed by atoms with Crippen molar-refractivity contribution in [3.63, 3.8) is 0 Å². The molecule has 0 aromatic heterocycles. The van der Waals surface area contributed by atoms with E-state index in [0.717, 1.165) is 58.5 Å². The lowest BCUT2D eigenvalue weighted by Gasteiger charge is -2.52. The molecule has 3 fully saturated rings. The van der Waals surface area contributed by atoms with Crippen LogP contribution in [0.3, 0.4) is 0 Å². The number of esters is 1. The van der Waals surface area contributed by atoms with Crippen LogP contribution in [-0.4, -0.2) is 72.4 Å². The Balaban J connectivity index is 1.52. The fourth-order valence-corrected chi connectivity index (χ4v) is 5.84. The summed E-state index contributed by atoms with van der Waals surface area (Å²) in [6.45, 7) is 12.6. The van der Waals surface area contributed by atoms with Crippen molar-refractivity contribution in [1.29, 1.82) is 0 Å². The van der Waals surface area contributed by atoms with Crippen molar-refractivity contribution in [1.82, 2.24) is 9.80 Å². The number of allylic oxidation sites excluding steroid dienone is 1. The topological polar surface area (TPSA) is 53.0 Å². The van der Waals surface area contributed by atoms with Gasteiger partial charge in [-0.2, -0.15) is 0 Å². The van der Waals surface area contributed by atoms with E-state index in [1.54, 1.807) is 0 Å². The van der Waals surface area contributed by atoms with Crippen LogP contribution in [0.1, 0.15) is 40.0 Å². The highest BCUT2D eigenvalue weighted by molar-refractivity contribution is 5.76. The van der Waals surface area contributed by atoms with Crippen LogP contribution in [0, 0.1) is 23.2 Å². The minimum atomic E-state index is -0.490. The van der Waals surface area contributed by atoms with Crippen LogP contribution in [0.15, 0.2) is 11.6 Å². The molecule has 2 saturated heterocycles. The molecular weight excluding hydrogens is 328 g/mol. The molecule has 5 nitrogen and oxygen atoms in total. The molecule has 0 aromatic rings. The number of hydrogen-bond donors (Lipinski definition) is 1. The van der Waals surface area contributed by atoms with E-state index in [4.69, 9.17) is 4.74 Å². The van der Waals surface area contributed by atoms with Crippen LogP contribution in [0.25, 0.3) is 0 Å². The number of ether oxygens (including phenoxy) is 1. The van der Waals surface area contributed by atoms with E-state index in [1.807, 2.05) is 0 Å². The van der Waals surface area contributed by atoms with Crippen LogP contribution in [-0.2, 0) is 9.53 Å². The first-order chi connectivity index (χ1) is 12.4. The number of hydrogen-bond acceptors (Lipinski definition) is 5. The zero-order chi connectivity index (χ0) is 18.5.